The molecule has 0 amide bonds. The van der Waals surface area contributed by atoms with E-state index in [9.17, 15) is 0 Å². The van der Waals surface area contributed by atoms with Gasteiger partial charge in [-0.3, -0.25) is 4.68 Å². The van der Waals surface area contributed by atoms with Gasteiger partial charge < -0.3 is 15.0 Å². The van der Waals surface area contributed by atoms with Gasteiger partial charge in [-0.05, 0) is 95.6 Å². The minimum atomic E-state index is 0.551. The van der Waals surface area contributed by atoms with Crippen molar-refractivity contribution in [1.82, 2.24) is 20.0 Å². The summed E-state index contributed by atoms with van der Waals surface area (Å²) in [6.45, 7) is 4.99. The average molecular weight is 413 g/mol. The Hall–Kier alpha value is -1.59. The lowest BCUT2D eigenvalue weighted by atomic mass is 9.85. The molecule has 0 radical (unpaired) electrons. The molecule has 4 rings (SSSR count). The fourth-order valence-corrected chi connectivity index (χ4v) is 5.44. The van der Waals surface area contributed by atoms with Crippen LogP contribution < -0.4 is 10.1 Å². The molecule has 2 aromatic rings. The third-order valence-electron chi connectivity index (χ3n) is 7.35. The zero-order chi connectivity index (χ0) is 20.8. The van der Waals surface area contributed by atoms with Crippen molar-refractivity contribution in [1.29, 1.82) is 0 Å². The van der Waals surface area contributed by atoms with E-state index in [-0.39, 0.29) is 0 Å². The van der Waals surface area contributed by atoms with Gasteiger partial charge >= 0.3 is 0 Å². The number of piperidine rings is 1. The topological polar surface area (TPSA) is 42.3 Å². The molecule has 1 saturated heterocycles. The number of unbranched alkanes of at least 4 members (excludes halogenated alkanes) is 1. The van der Waals surface area contributed by atoms with Crippen molar-refractivity contribution in [3.63, 3.8) is 0 Å². The molecule has 166 valence electrons. The first-order valence-electron chi connectivity index (χ1n) is 12.1. The van der Waals surface area contributed by atoms with Crippen LogP contribution in [0.5, 0.6) is 5.75 Å². The average Bonchev–Trinajstić information content (AvgIpc) is 3.21. The van der Waals surface area contributed by atoms with Crippen LogP contribution in [0.3, 0.4) is 0 Å². The number of hydrogen-bond donors (Lipinski definition) is 1. The van der Waals surface area contributed by atoms with Gasteiger partial charge in [0.05, 0.1) is 18.7 Å². The molecule has 0 spiro atoms. The molecule has 30 heavy (non-hydrogen) atoms. The molecule has 5 heteroatoms. The Balaban J connectivity index is 1.16. The molecular weight excluding hydrogens is 372 g/mol. The molecule has 2 aliphatic rings. The van der Waals surface area contributed by atoms with E-state index in [0.29, 0.717) is 6.04 Å². The number of ether oxygens (including phenoxy) is 1. The molecule has 1 aliphatic heterocycles. The second kappa shape index (κ2) is 10.6. The molecule has 1 N–H and O–H groups in total. The van der Waals surface area contributed by atoms with Gasteiger partial charge in [0, 0.05) is 24.2 Å². The van der Waals surface area contributed by atoms with Crippen LogP contribution >= 0.6 is 0 Å². The highest BCUT2D eigenvalue weighted by atomic mass is 16.5. The molecule has 2 fully saturated rings. The number of aromatic nitrogens is 2. The van der Waals surface area contributed by atoms with Crippen LogP contribution in [0.1, 0.15) is 63.8 Å². The van der Waals surface area contributed by atoms with E-state index in [4.69, 9.17) is 9.84 Å². The van der Waals surface area contributed by atoms with E-state index in [1.807, 2.05) is 12.1 Å². The summed E-state index contributed by atoms with van der Waals surface area (Å²) in [5, 5.41) is 9.53. The quantitative estimate of drug-likeness (QED) is 0.596. The minimum absolute atomic E-state index is 0.551. The van der Waals surface area contributed by atoms with E-state index in [1.54, 1.807) is 7.11 Å². The summed E-state index contributed by atoms with van der Waals surface area (Å²) in [5.74, 6) is 2.71. The van der Waals surface area contributed by atoms with Gasteiger partial charge in [0.2, 0.25) is 0 Å². The van der Waals surface area contributed by atoms with E-state index < -0.39 is 0 Å². The van der Waals surface area contributed by atoms with E-state index >= 15 is 0 Å². The molecule has 0 bridgehead atoms. The van der Waals surface area contributed by atoms with Crippen molar-refractivity contribution in [2.75, 3.05) is 40.3 Å². The third-order valence-corrected chi connectivity index (χ3v) is 7.35. The highest BCUT2D eigenvalue weighted by molar-refractivity contribution is 5.79. The molecule has 0 atom stereocenters. The summed E-state index contributed by atoms with van der Waals surface area (Å²) in [4.78, 5) is 2.59. The SMILES string of the molecule is COc1ccc2cn(C3CCC(CN(C)CCCCC4CCNCC4)CC3)nc2c1. The molecule has 1 aliphatic carbocycles. The number of nitrogens with one attached hydrogen (secondary N) is 1. The van der Waals surface area contributed by atoms with Crippen LogP contribution in [0.25, 0.3) is 10.9 Å². The van der Waals surface area contributed by atoms with Gasteiger partial charge in [-0.1, -0.05) is 12.8 Å². The monoisotopic (exact) mass is 412 g/mol. The lowest BCUT2D eigenvalue weighted by molar-refractivity contribution is 0.196. The molecule has 5 nitrogen and oxygen atoms in total. The summed E-state index contributed by atoms with van der Waals surface area (Å²) in [6.07, 6.45) is 14.3. The first kappa shape index (κ1) is 21.6. The normalized spacial score (nSPS) is 23.3. The van der Waals surface area contributed by atoms with Gasteiger partial charge in [-0.15, -0.1) is 0 Å². The number of nitrogens with zero attached hydrogens (tertiary/aromatic N) is 3. The van der Waals surface area contributed by atoms with Gasteiger partial charge in [-0.2, -0.15) is 5.10 Å². The number of benzene rings is 1. The van der Waals surface area contributed by atoms with E-state index in [0.717, 1.165) is 23.1 Å². The largest absolute Gasteiger partial charge is 0.497 e. The molecular formula is C25H40N4O. The number of fused-ring (bicyclic) bond motifs is 1. The predicted octanol–water partition coefficient (Wildman–Crippen LogP) is 4.88. The van der Waals surface area contributed by atoms with Gasteiger partial charge in [0.25, 0.3) is 0 Å². The van der Waals surface area contributed by atoms with Gasteiger partial charge in [0.1, 0.15) is 5.75 Å². The maximum atomic E-state index is 5.34. The number of hydrogen-bond acceptors (Lipinski definition) is 4. The zero-order valence-corrected chi connectivity index (χ0v) is 19.0. The lowest BCUT2D eigenvalue weighted by Gasteiger charge is -2.31. The van der Waals surface area contributed by atoms with Crippen molar-refractivity contribution in [2.24, 2.45) is 11.8 Å². The van der Waals surface area contributed by atoms with Crippen molar-refractivity contribution in [2.45, 2.75) is 63.8 Å². The van der Waals surface area contributed by atoms with Crippen molar-refractivity contribution < 1.29 is 4.74 Å². The molecule has 1 aromatic heterocycles. The zero-order valence-electron chi connectivity index (χ0n) is 19.0. The van der Waals surface area contributed by atoms with Gasteiger partial charge in [-0.25, -0.2) is 0 Å². The van der Waals surface area contributed by atoms with Crippen LogP contribution in [0.15, 0.2) is 24.4 Å². The highest BCUT2D eigenvalue weighted by Crippen LogP contribution is 2.33. The molecule has 2 heterocycles. The summed E-state index contributed by atoms with van der Waals surface area (Å²) in [6, 6.07) is 6.73. The van der Waals surface area contributed by atoms with Crippen molar-refractivity contribution >= 4 is 10.9 Å². The number of rotatable bonds is 9. The number of methoxy groups -OCH3 is 1. The Labute approximate surface area is 182 Å². The van der Waals surface area contributed by atoms with E-state index in [2.05, 4.69) is 34.2 Å². The summed E-state index contributed by atoms with van der Waals surface area (Å²) in [5.41, 5.74) is 1.04. The molecule has 0 unspecified atom stereocenters. The second-order valence-corrected chi connectivity index (χ2v) is 9.66. The molecule has 1 aromatic carbocycles. The fraction of sp³-hybridized carbons (Fsp3) is 0.720. The smallest absolute Gasteiger partial charge is 0.121 e. The lowest BCUT2D eigenvalue weighted by Crippen LogP contribution is -2.30. The third kappa shape index (κ3) is 5.76. The maximum Gasteiger partial charge on any atom is 0.121 e. The second-order valence-electron chi connectivity index (χ2n) is 9.66. The molecule has 1 saturated carbocycles. The predicted molar refractivity (Wildman–Crippen MR) is 124 cm³/mol. The van der Waals surface area contributed by atoms with Crippen LogP contribution in [-0.4, -0.2) is 55.0 Å². The van der Waals surface area contributed by atoms with Crippen LogP contribution in [-0.2, 0) is 0 Å². The van der Waals surface area contributed by atoms with E-state index in [1.165, 1.54) is 89.4 Å². The first-order chi connectivity index (χ1) is 14.7. The Morgan fingerprint density at radius 2 is 1.87 bits per heavy atom. The maximum absolute atomic E-state index is 5.34. The van der Waals surface area contributed by atoms with Crippen LogP contribution in [0.2, 0.25) is 0 Å². The summed E-state index contributed by atoms with van der Waals surface area (Å²) >= 11 is 0. The Morgan fingerprint density at radius 3 is 2.63 bits per heavy atom. The van der Waals surface area contributed by atoms with Crippen molar-refractivity contribution in [3.8, 4) is 5.75 Å². The van der Waals surface area contributed by atoms with Crippen LogP contribution in [0, 0.1) is 11.8 Å². The Bertz CT molecular complexity index is 775. The summed E-state index contributed by atoms with van der Waals surface area (Å²) in [7, 11) is 4.04. The fourth-order valence-electron chi connectivity index (χ4n) is 5.44. The van der Waals surface area contributed by atoms with Crippen LogP contribution in [0.4, 0.5) is 0 Å². The Kier molecular flexibility index (Phi) is 7.67. The standard InChI is InChI=1S/C25H40N4O/c1-28(16-4-3-5-20-12-14-26-15-13-20)18-21-6-9-23(10-7-21)29-19-22-8-11-24(30-2)17-25(22)27-29/h8,11,17,19-21,23,26H,3-7,9-10,12-16,18H2,1-2H3. The minimum Gasteiger partial charge on any atom is -0.497 e. The summed E-state index contributed by atoms with van der Waals surface area (Å²) < 4.78 is 7.55. The van der Waals surface area contributed by atoms with Gasteiger partial charge in [0.15, 0.2) is 0 Å². The Morgan fingerprint density at radius 1 is 1.07 bits per heavy atom. The highest BCUT2D eigenvalue weighted by Gasteiger charge is 2.24. The van der Waals surface area contributed by atoms with Crippen molar-refractivity contribution in [3.05, 3.63) is 24.4 Å². The first-order valence-corrected chi connectivity index (χ1v) is 12.1.